The Labute approximate surface area is 273 Å². The number of quaternary nitrogens is 1. The second-order valence-electron chi connectivity index (χ2n) is 11.2. The van der Waals surface area contributed by atoms with Crippen molar-refractivity contribution in [1.29, 1.82) is 0 Å². The molecule has 42 heavy (non-hydrogen) atoms. The van der Waals surface area contributed by atoms with Crippen LogP contribution in [0.15, 0.2) is 83.8 Å². The zero-order chi connectivity index (χ0) is 29.5. The van der Waals surface area contributed by atoms with Crippen LogP contribution in [-0.2, 0) is 11.2 Å². The van der Waals surface area contributed by atoms with Gasteiger partial charge in [-0.3, -0.25) is 4.79 Å². The Kier molecular flexibility index (Phi) is 16.0. The standard InChI is InChI=1S/C34H44N2O4S.HI/c1-36(2,3)32(26-27-14-10-9-11-15-27)33(37)35-24-12-7-5-6-8-13-25-39-29-18-20-30(21-19-29)40-34(38)28-16-22-31(41-4)23-17-28;/h9-11,14-23,32H,5-8,12-13,24-26H2,1-4H3;1H. The first-order chi connectivity index (χ1) is 19.8. The average molecular weight is 705 g/mol. The topological polar surface area (TPSA) is 64.6 Å². The highest BCUT2D eigenvalue weighted by atomic mass is 127. The fraction of sp³-hybridized carbons (Fsp3) is 0.412. The van der Waals surface area contributed by atoms with Gasteiger partial charge in [0.1, 0.15) is 11.5 Å². The number of amides is 1. The SMILES string of the molecule is CSc1ccc(C(=O)Oc2ccc(OCCCCCCCCNC(=O)C(Cc3ccccc3)[N+](C)(C)C)cc2)cc1.[I-]. The predicted octanol–water partition coefficient (Wildman–Crippen LogP) is 3.78. The van der Waals surface area contributed by atoms with E-state index in [0.717, 1.165) is 62.1 Å². The molecule has 1 amide bonds. The highest BCUT2D eigenvalue weighted by Gasteiger charge is 2.31. The van der Waals surface area contributed by atoms with Crippen LogP contribution in [0.25, 0.3) is 0 Å². The molecule has 1 unspecified atom stereocenters. The molecule has 0 bridgehead atoms. The molecule has 1 atom stereocenters. The van der Waals surface area contributed by atoms with Crippen molar-refractivity contribution in [2.24, 2.45) is 0 Å². The number of benzene rings is 3. The van der Waals surface area contributed by atoms with Crippen molar-refractivity contribution < 1.29 is 47.5 Å². The van der Waals surface area contributed by atoms with Gasteiger partial charge in [-0.05, 0) is 73.2 Å². The molecule has 6 nitrogen and oxygen atoms in total. The molecule has 0 spiro atoms. The Morgan fingerprint density at radius 2 is 1.38 bits per heavy atom. The van der Waals surface area contributed by atoms with Crippen LogP contribution in [0.3, 0.4) is 0 Å². The maximum atomic E-state index is 12.9. The fourth-order valence-electron chi connectivity index (χ4n) is 4.51. The molecule has 0 heterocycles. The van der Waals surface area contributed by atoms with Gasteiger partial charge in [-0.25, -0.2) is 4.79 Å². The Morgan fingerprint density at radius 3 is 2.00 bits per heavy atom. The molecular formula is C34H45IN2O4S. The van der Waals surface area contributed by atoms with Gasteiger partial charge in [-0.1, -0.05) is 56.0 Å². The van der Waals surface area contributed by atoms with Gasteiger partial charge >= 0.3 is 5.97 Å². The number of nitrogens with one attached hydrogen (secondary N) is 1. The van der Waals surface area contributed by atoms with E-state index in [1.165, 1.54) is 5.56 Å². The van der Waals surface area contributed by atoms with Crippen LogP contribution < -0.4 is 38.8 Å². The van der Waals surface area contributed by atoms with E-state index in [1.807, 2.05) is 48.7 Å². The molecule has 3 aromatic rings. The molecule has 3 aromatic carbocycles. The molecule has 0 aliphatic rings. The van der Waals surface area contributed by atoms with Crippen LogP contribution in [-0.4, -0.2) is 63.0 Å². The van der Waals surface area contributed by atoms with Crippen LogP contribution >= 0.6 is 11.8 Å². The summed E-state index contributed by atoms with van der Waals surface area (Å²) in [4.78, 5) is 26.3. The molecular weight excluding hydrogens is 659 g/mol. The van der Waals surface area contributed by atoms with Gasteiger partial charge in [0.15, 0.2) is 6.04 Å². The van der Waals surface area contributed by atoms with E-state index in [9.17, 15) is 9.59 Å². The number of carbonyl (C=O) groups is 2. The molecule has 0 aromatic heterocycles. The number of halogens is 1. The lowest BCUT2D eigenvalue weighted by Crippen LogP contribution is -3.00. The normalized spacial score (nSPS) is 11.7. The molecule has 0 saturated heterocycles. The van der Waals surface area contributed by atoms with Crippen molar-refractivity contribution in [1.82, 2.24) is 5.32 Å². The lowest BCUT2D eigenvalue weighted by Gasteiger charge is -2.33. The van der Waals surface area contributed by atoms with E-state index in [-0.39, 0.29) is 41.9 Å². The van der Waals surface area contributed by atoms with E-state index >= 15 is 0 Å². The number of rotatable bonds is 17. The minimum atomic E-state index is -0.370. The summed E-state index contributed by atoms with van der Waals surface area (Å²) in [5.74, 6) is 1.02. The summed E-state index contributed by atoms with van der Waals surface area (Å²) in [6.45, 7) is 1.38. The van der Waals surface area contributed by atoms with Crippen LogP contribution in [0.5, 0.6) is 11.5 Å². The summed E-state index contributed by atoms with van der Waals surface area (Å²) < 4.78 is 11.9. The van der Waals surface area contributed by atoms with E-state index in [4.69, 9.17) is 9.47 Å². The van der Waals surface area contributed by atoms with Gasteiger partial charge in [-0.15, -0.1) is 11.8 Å². The summed E-state index contributed by atoms with van der Waals surface area (Å²) >= 11 is 1.63. The molecule has 0 radical (unpaired) electrons. The van der Waals surface area contributed by atoms with Crippen molar-refractivity contribution in [3.63, 3.8) is 0 Å². The third-order valence-electron chi connectivity index (χ3n) is 7.01. The number of ether oxygens (including phenoxy) is 2. The summed E-state index contributed by atoms with van der Waals surface area (Å²) in [7, 11) is 6.24. The first-order valence-corrected chi connectivity index (χ1v) is 15.7. The van der Waals surface area contributed by atoms with Crippen molar-refractivity contribution >= 4 is 23.6 Å². The number of nitrogens with zero attached hydrogens (tertiary/aromatic N) is 1. The van der Waals surface area contributed by atoms with Crippen molar-refractivity contribution in [2.75, 3.05) is 40.6 Å². The largest absolute Gasteiger partial charge is 1.00 e. The average Bonchev–Trinajstić information content (AvgIpc) is 2.97. The quantitative estimate of drug-likeness (QED) is 0.0580. The summed E-state index contributed by atoms with van der Waals surface area (Å²) in [6, 6.07) is 24.7. The van der Waals surface area contributed by atoms with Crippen molar-refractivity contribution in [3.8, 4) is 11.5 Å². The Morgan fingerprint density at radius 1 is 0.786 bits per heavy atom. The molecule has 0 aliphatic heterocycles. The Bertz CT molecular complexity index is 1200. The third-order valence-corrected chi connectivity index (χ3v) is 7.75. The van der Waals surface area contributed by atoms with E-state index in [1.54, 1.807) is 36.0 Å². The number of unbranched alkanes of at least 4 members (excludes halogenated alkanes) is 5. The zero-order valence-corrected chi connectivity index (χ0v) is 28.3. The highest BCUT2D eigenvalue weighted by molar-refractivity contribution is 7.98. The van der Waals surface area contributed by atoms with Crippen LogP contribution in [0.4, 0.5) is 0 Å². The smallest absolute Gasteiger partial charge is 0.343 e. The number of thioether (sulfide) groups is 1. The van der Waals surface area contributed by atoms with Crippen LogP contribution in [0, 0.1) is 0 Å². The fourth-order valence-corrected chi connectivity index (χ4v) is 4.91. The van der Waals surface area contributed by atoms with Crippen molar-refractivity contribution in [2.45, 2.75) is 55.9 Å². The Balaban J connectivity index is 0.00000616. The molecule has 3 rings (SSSR count). The predicted molar refractivity (Wildman–Crippen MR) is 168 cm³/mol. The van der Waals surface area contributed by atoms with E-state index < -0.39 is 0 Å². The molecule has 0 aliphatic carbocycles. The van der Waals surface area contributed by atoms with Crippen LogP contribution in [0.1, 0.15) is 54.4 Å². The second kappa shape index (κ2) is 18.9. The van der Waals surface area contributed by atoms with Crippen molar-refractivity contribution in [3.05, 3.63) is 90.0 Å². The first-order valence-electron chi connectivity index (χ1n) is 14.5. The summed E-state index contributed by atoms with van der Waals surface area (Å²) in [5.41, 5.74) is 1.72. The minimum absolute atomic E-state index is 0. The Hall–Kier alpha value is -2.56. The monoisotopic (exact) mass is 704 g/mol. The molecule has 0 fully saturated rings. The lowest BCUT2D eigenvalue weighted by atomic mass is 10.0. The summed E-state index contributed by atoms with van der Waals surface area (Å²) in [5, 5.41) is 3.16. The second-order valence-corrected chi connectivity index (χ2v) is 12.1. The van der Waals surface area contributed by atoms with Gasteiger partial charge in [0.05, 0.1) is 33.3 Å². The lowest BCUT2D eigenvalue weighted by molar-refractivity contribution is -0.886. The van der Waals surface area contributed by atoms with Gasteiger partial charge in [-0.2, -0.15) is 0 Å². The molecule has 0 saturated carbocycles. The first kappa shape index (κ1) is 35.6. The number of esters is 1. The van der Waals surface area contributed by atoms with Crippen LogP contribution in [0.2, 0.25) is 0 Å². The number of likely N-dealkylation sites (N-methyl/N-ethyl adjacent to an activating group) is 1. The third kappa shape index (κ3) is 12.8. The number of hydrogen-bond donors (Lipinski definition) is 1. The van der Waals surface area contributed by atoms with Gasteiger partial charge in [0, 0.05) is 17.9 Å². The highest BCUT2D eigenvalue weighted by Crippen LogP contribution is 2.20. The molecule has 228 valence electrons. The van der Waals surface area contributed by atoms with Gasteiger partial charge in [0.2, 0.25) is 0 Å². The molecule has 8 heteroatoms. The molecule has 1 N–H and O–H groups in total. The number of hydrogen-bond acceptors (Lipinski definition) is 5. The number of carbonyl (C=O) groups excluding carboxylic acids is 2. The summed E-state index contributed by atoms with van der Waals surface area (Å²) in [6.07, 6.45) is 9.25. The van der Waals surface area contributed by atoms with Gasteiger partial charge in [0.25, 0.3) is 5.91 Å². The minimum Gasteiger partial charge on any atom is -1.00 e. The maximum Gasteiger partial charge on any atom is 0.343 e. The van der Waals surface area contributed by atoms with E-state index in [0.29, 0.717) is 22.4 Å². The van der Waals surface area contributed by atoms with E-state index in [2.05, 4.69) is 38.6 Å². The maximum absolute atomic E-state index is 12.9. The van der Waals surface area contributed by atoms with Gasteiger partial charge < -0.3 is 43.3 Å². The zero-order valence-electron chi connectivity index (χ0n) is 25.3.